The molecule has 1 aromatic carbocycles. The molecule has 2 atom stereocenters. The second kappa shape index (κ2) is 8.15. The number of hydrogen-bond acceptors (Lipinski definition) is 3. The number of hydrogen-bond donors (Lipinski definition) is 1. The Morgan fingerprint density at radius 2 is 1.91 bits per heavy atom. The van der Waals surface area contributed by atoms with Crippen LogP contribution in [0, 0.1) is 17.5 Å². The zero-order valence-corrected chi connectivity index (χ0v) is 19.3. The number of allylic oxidation sites excluding steroid dienone is 4. The largest absolute Gasteiger partial charge is 0.381 e. The van der Waals surface area contributed by atoms with Gasteiger partial charge in [0.2, 0.25) is 0 Å². The molecule has 5 rings (SSSR count). The van der Waals surface area contributed by atoms with Gasteiger partial charge >= 0.3 is 0 Å². The summed E-state index contributed by atoms with van der Waals surface area (Å²) in [7, 11) is 0. The summed E-state index contributed by atoms with van der Waals surface area (Å²) in [6, 6.07) is 2.31. The molecule has 1 N–H and O–H groups in total. The lowest BCUT2D eigenvalue weighted by Crippen LogP contribution is -2.52. The number of nitrogens with one attached hydrogen (secondary N) is 1. The summed E-state index contributed by atoms with van der Waals surface area (Å²) in [5, 5.41) is 3.14. The van der Waals surface area contributed by atoms with E-state index in [0.29, 0.717) is 29.9 Å². The Hall–Kier alpha value is -2.89. The molecular formula is C27H30F3N3. The van der Waals surface area contributed by atoms with Crippen LogP contribution in [0.15, 0.2) is 70.9 Å². The van der Waals surface area contributed by atoms with E-state index < -0.39 is 17.5 Å². The van der Waals surface area contributed by atoms with Gasteiger partial charge in [-0.3, -0.25) is 0 Å². The maximum atomic E-state index is 14.2. The molecular weight excluding hydrogens is 423 g/mol. The van der Waals surface area contributed by atoms with E-state index in [-0.39, 0.29) is 12.1 Å². The van der Waals surface area contributed by atoms with Gasteiger partial charge in [0.25, 0.3) is 0 Å². The van der Waals surface area contributed by atoms with Crippen LogP contribution in [0.4, 0.5) is 13.2 Å². The predicted octanol–water partition coefficient (Wildman–Crippen LogP) is 6.04. The van der Waals surface area contributed by atoms with Crippen LogP contribution < -0.4 is 5.32 Å². The third-order valence-electron chi connectivity index (χ3n) is 7.52. The molecule has 3 nitrogen and oxygen atoms in total. The molecule has 4 aliphatic rings. The lowest BCUT2D eigenvalue weighted by Gasteiger charge is -2.49. The molecule has 0 amide bonds. The Labute approximate surface area is 193 Å². The molecule has 174 valence electrons. The van der Waals surface area contributed by atoms with Crippen molar-refractivity contribution in [1.29, 1.82) is 0 Å². The van der Waals surface area contributed by atoms with Crippen LogP contribution in [-0.4, -0.2) is 28.4 Å². The molecule has 0 aromatic heterocycles. The zero-order chi connectivity index (χ0) is 23.4. The second-order valence-electron chi connectivity index (χ2n) is 9.33. The summed E-state index contributed by atoms with van der Waals surface area (Å²) in [6.45, 7) is 13.9. The first-order chi connectivity index (χ1) is 15.8. The van der Waals surface area contributed by atoms with E-state index in [1.165, 1.54) is 29.8 Å². The fraction of sp³-hybridized carbons (Fsp3) is 0.407. The third kappa shape index (κ3) is 3.33. The summed E-state index contributed by atoms with van der Waals surface area (Å²) in [5.74, 6) is -2.72. The van der Waals surface area contributed by atoms with Gasteiger partial charge in [0.05, 0.1) is 17.4 Å². The van der Waals surface area contributed by atoms with Crippen molar-refractivity contribution in [2.45, 2.75) is 64.6 Å². The highest BCUT2D eigenvalue weighted by atomic mass is 19.1. The van der Waals surface area contributed by atoms with Crippen LogP contribution in [0.3, 0.4) is 0 Å². The molecule has 2 unspecified atom stereocenters. The molecule has 3 fully saturated rings. The summed E-state index contributed by atoms with van der Waals surface area (Å²) < 4.78 is 41.7. The second-order valence-corrected chi connectivity index (χ2v) is 9.33. The molecule has 0 saturated carbocycles. The molecule has 4 heterocycles. The number of piperazine rings is 1. The molecule has 0 radical (unpaired) electrons. The van der Waals surface area contributed by atoms with Crippen molar-refractivity contribution in [3.8, 4) is 0 Å². The van der Waals surface area contributed by atoms with Gasteiger partial charge < -0.3 is 15.1 Å². The van der Waals surface area contributed by atoms with Crippen LogP contribution in [0.5, 0.6) is 0 Å². The fourth-order valence-electron chi connectivity index (χ4n) is 6.14. The number of rotatable bonds is 5. The fourth-order valence-corrected chi connectivity index (χ4v) is 6.14. The summed E-state index contributed by atoms with van der Waals surface area (Å²) in [5.41, 5.74) is 7.25. The maximum absolute atomic E-state index is 14.2. The molecule has 3 saturated heterocycles. The normalized spacial score (nSPS) is 25.2. The van der Waals surface area contributed by atoms with E-state index in [0.717, 1.165) is 42.7 Å². The molecule has 1 aromatic rings. The lowest BCUT2D eigenvalue weighted by molar-refractivity contribution is 0.157. The van der Waals surface area contributed by atoms with Gasteiger partial charge in [-0.25, -0.2) is 13.2 Å². The van der Waals surface area contributed by atoms with Crippen molar-refractivity contribution in [2.24, 2.45) is 0 Å². The number of benzene rings is 1. The van der Waals surface area contributed by atoms with E-state index in [1.807, 2.05) is 0 Å². The Balaban J connectivity index is 1.52. The van der Waals surface area contributed by atoms with Gasteiger partial charge in [0, 0.05) is 53.8 Å². The first-order valence-electron chi connectivity index (χ1n) is 11.8. The summed E-state index contributed by atoms with van der Waals surface area (Å²) in [4.78, 5) is 4.96. The molecule has 33 heavy (non-hydrogen) atoms. The van der Waals surface area contributed by atoms with E-state index >= 15 is 0 Å². The van der Waals surface area contributed by atoms with Crippen molar-refractivity contribution < 1.29 is 13.2 Å². The summed E-state index contributed by atoms with van der Waals surface area (Å²) >= 11 is 0. The van der Waals surface area contributed by atoms with Crippen LogP contribution in [-0.2, 0) is 6.54 Å². The average molecular weight is 454 g/mol. The predicted molar refractivity (Wildman–Crippen MR) is 124 cm³/mol. The SMILES string of the molecule is C=C(NCc1c(F)cc(F)cc1F)C1=C2CCC3C4CCCN4C(=C)C(=C(C)/C1=C/CC)N23. The Bertz CT molecular complexity index is 1120. The molecule has 0 spiro atoms. The van der Waals surface area contributed by atoms with Gasteiger partial charge in [0.1, 0.15) is 17.5 Å². The Morgan fingerprint density at radius 1 is 1.18 bits per heavy atom. The van der Waals surface area contributed by atoms with E-state index in [1.54, 1.807) is 0 Å². The van der Waals surface area contributed by atoms with Crippen molar-refractivity contribution >= 4 is 0 Å². The molecule has 0 aliphatic carbocycles. The standard InChI is InChI=1S/C27H30F3N3/c1-5-7-19-15(2)27-17(4)32-11-6-8-23(32)24-9-10-25(33(24)27)26(19)16(3)31-14-20-21(29)12-18(28)13-22(20)30/h7,12-13,23-24,31H,3-6,8-11,14H2,1-2H3/b19-7-. The van der Waals surface area contributed by atoms with Crippen LogP contribution in [0.1, 0.15) is 51.5 Å². The Kier molecular flexibility index (Phi) is 5.42. The minimum absolute atomic E-state index is 0.102. The highest BCUT2D eigenvalue weighted by molar-refractivity contribution is 5.64. The first kappa shape index (κ1) is 21.9. The van der Waals surface area contributed by atoms with Crippen LogP contribution in [0.25, 0.3) is 0 Å². The van der Waals surface area contributed by atoms with Gasteiger partial charge in [0.15, 0.2) is 0 Å². The van der Waals surface area contributed by atoms with Gasteiger partial charge in [-0.15, -0.1) is 0 Å². The highest BCUT2D eigenvalue weighted by Gasteiger charge is 2.49. The first-order valence-corrected chi connectivity index (χ1v) is 11.8. The van der Waals surface area contributed by atoms with Crippen LogP contribution >= 0.6 is 0 Å². The average Bonchev–Trinajstić information content (AvgIpc) is 3.40. The van der Waals surface area contributed by atoms with Crippen LogP contribution in [0.2, 0.25) is 0 Å². The number of nitrogens with zero attached hydrogens (tertiary/aromatic N) is 2. The third-order valence-corrected chi connectivity index (χ3v) is 7.52. The van der Waals surface area contributed by atoms with E-state index in [4.69, 9.17) is 0 Å². The van der Waals surface area contributed by atoms with Gasteiger partial charge in [-0.05, 0) is 50.2 Å². The molecule has 6 heteroatoms. The summed E-state index contributed by atoms with van der Waals surface area (Å²) in [6.07, 6.45) is 7.41. The topological polar surface area (TPSA) is 18.5 Å². The molecule has 4 aliphatic heterocycles. The molecule has 0 bridgehead atoms. The number of halogens is 3. The highest BCUT2D eigenvalue weighted by Crippen LogP contribution is 2.52. The van der Waals surface area contributed by atoms with Gasteiger partial charge in [-0.1, -0.05) is 26.2 Å². The maximum Gasteiger partial charge on any atom is 0.134 e. The van der Waals surface area contributed by atoms with Crippen molar-refractivity contribution in [3.63, 3.8) is 0 Å². The quantitative estimate of drug-likeness (QED) is 0.586. The van der Waals surface area contributed by atoms with Crippen molar-refractivity contribution in [1.82, 2.24) is 15.1 Å². The number of fused-ring (bicyclic) bond motifs is 2. The van der Waals surface area contributed by atoms with Crippen molar-refractivity contribution in [2.75, 3.05) is 6.54 Å². The van der Waals surface area contributed by atoms with E-state index in [2.05, 4.69) is 48.2 Å². The minimum atomic E-state index is -0.922. The Morgan fingerprint density at radius 3 is 2.61 bits per heavy atom. The smallest absolute Gasteiger partial charge is 0.134 e. The van der Waals surface area contributed by atoms with E-state index in [9.17, 15) is 13.2 Å². The monoisotopic (exact) mass is 453 g/mol. The van der Waals surface area contributed by atoms with Crippen molar-refractivity contribution in [3.05, 3.63) is 93.9 Å². The van der Waals surface area contributed by atoms with Gasteiger partial charge in [-0.2, -0.15) is 0 Å². The minimum Gasteiger partial charge on any atom is -0.381 e. The lowest BCUT2D eigenvalue weighted by atomic mass is 9.86. The zero-order valence-electron chi connectivity index (χ0n) is 19.3.